The number of fused-ring (bicyclic) bond motifs is 7. The van der Waals surface area contributed by atoms with E-state index in [-0.39, 0.29) is 6.04 Å². The van der Waals surface area contributed by atoms with Gasteiger partial charge in [-0.3, -0.25) is 0 Å². The summed E-state index contributed by atoms with van der Waals surface area (Å²) < 4.78 is 23.7. The van der Waals surface area contributed by atoms with Gasteiger partial charge in [0.15, 0.2) is 17.5 Å². The van der Waals surface area contributed by atoms with Gasteiger partial charge in [0.2, 0.25) is 0 Å². The number of para-hydroxylation sites is 1. The van der Waals surface area contributed by atoms with Crippen LogP contribution in [-0.2, 0) is 0 Å². The van der Waals surface area contributed by atoms with E-state index >= 15 is 0 Å². The molecule has 2 aromatic heterocycles. The number of aromatic nitrogens is 3. The Morgan fingerprint density at radius 2 is 1.08 bits per heavy atom. The van der Waals surface area contributed by atoms with E-state index in [1.165, 1.54) is 5.56 Å². The molecule has 0 bridgehead atoms. The van der Waals surface area contributed by atoms with Gasteiger partial charge in [0.1, 0.15) is 11.2 Å². The third-order valence-electron chi connectivity index (χ3n) is 9.35. The molecule has 0 spiro atoms. The minimum absolute atomic E-state index is 0.263. The van der Waals surface area contributed by atoms with Gasteiger partial charge in [-0.15, -0.1) is 0 Å². The van der Waals surface area contributed by atoms with Crippen molar-refractivity contribution in [1.82, 2.24) is 15.0 Å². The maximum Gasteiger partial charge on any atom is 0.164 e. The fraction of sp³-hybridized carbons (Fsp3) is 0. The fourth-order valence-corrected chi connectivity index (χ4v) is 7.00. The second-order valence-corrected chi connectivity index (χ2v) is 12.3. The lowest BCUT2D eigenvalue weighted by molar-refractivity contribution is 0.669. The molecule has 10 rings (SSSR count). The molecule has 4 nitrogen and oxygen atoms in total. The third kappa shape index (κ3) is 4.57. The third-order valence-corrected chi connectivity index (χ3v) is 9.35. The van der Waals surface area contributed by atoms with Gasteiger partial charge in [-0.1, -0.05) is 133 Å². The molecule has 0 radical (unpaired) electrons. The Balaban J connectivity index is 1.24. The van der Waals surface area contributed by atoms with E-state index in [1.807, 2.05) is 18.2 Å². The summed E-state index contributed by atoms with van der Waals surface area (Å²) in [5.41, 5.74) is 5.85. The summed E-state index contributed by atoms with van der Waals surface area (Å²) >= 11 is 0. The normalized spacial score (nSPS) is 12.2. The van der Waals surface area contributed by atoms with E-state index < -0.39 is 0 Å². The van der Waals surface area contributed by atoms with Gasteiger partial charge < -0.3 is 4.42 Å². The van der Waals surface area contributed by atoms with Crippen LogP contribution in [0.25, 0.3) is 99.5 Å². The van der Waals surface area contributed by atoms with Crippen LogP contribution in [0.2, 0.25) is 0 Å². The van der Waals surface area contributed by atoms with Crippen molar-refractivity contribution < 1.29 is 7.16 Å². The Morgan fingerprint density at radius 3 is 1.94 bits per heavy atom. The Morgan fingerprint density at radius 1 is 0.408 bits per heavy atom. The average Bonchev–Trinajstić information content (AvgIpc) is 3.55. The highest BCUT2D eigenvalue weighted by Crippen LogP contribution is 2.39. The number of hydrogen-bond donors (Lipinski definition) is 0. The molecule has 4 heteroatoms. The average molecular weight is 628 g/mol. The number of benzene rings is 8. The lowest BCUT2D eigenvalue weighted by Crippen LogP contribution is -2.01. The van der Waals surface area contributed by atoms with Crippen LogP contribution in [0.1, 0.15) is 2.74 Å². The van der Waals surface area contributed by atoms with Crippen molar-refractivity contribution in [2.24, 2.45) is 0 Å². The molecular weight excluding hydrogens is 599 g/mol. The molecule has 0 N–H and O–H groups in total. The summed E-state index contributed by atoms with van der Waals surface area (Å²) in [7, 11) is 0. The van der Waals surface area contributed by atoms with Gasteiger partial charge in [-0.2, -0.15) is 0 Å². The van der Waals surface area contributed by atoms with Crippen LogP contribution in [0.3, 0.4) is 0 Å². The van der Waals surface area contributed by atoms with Crippen LogP contribution in [0.15, 0.2) is 168 Å². The minimum Gasteiger partial charge on any atom is -0.456 e. The molecule has 0 amide bonds. The minimum atomic E-state index is 0.263. The van der Waals surface area contributed by atoms with E-state index in [4.69, 9.17) is 22.1 Å². The maximum absolute atomic E-state index is 9.16. The van der Waals surface area contributed by atoms with Crippen LogP contribution in [-0.4, -0.2) is 15.0 Å². The second kappa shape index (κ2) is 11.0. The Bertz CT molecular complexity index is 3010. The second-order valence-electron chi connectivity index (χ2n) is 12.3. The van der Waals surface area contributed by atoms with Gasteiger partial charge in [-0.05, 0) is 73.8 Å². The summed E-state index contributed by atoms with van der Waals surface area (Å²) in [6, 6.07) is 51.4. The van der Waals surface area contributed by atoms with Gasteiger partial charge in [0.25, 0.3) is 0 Å². The zero-order chi connectivity index (χ0) is 34.1. The fourth-order valence-electron chi connectivity index (χ4n) is 7.00. The van der Waals surface area contributed by atoms with Crippen LogP contribution in [0, 0.1) is 0 Å². The van der Waals surface area contributed by atoms with Crippen LogP contribution < -0.4 is 0 Å². The first kappa shape index (κ1) is 25.4. The van der Waals surface area contributed by atoms with Crippen LogP contribution in [0.5, 0.6) is 0 Å². The first-order valence-electron chi connectivity index (χ1n) is 17.3. The van der Waals surface area contributed by atoms with Crippen molar-refractivity contribution in [3.05, 3.63) is 164 Å². The van der Waals surface area contributed by atoms with Crippen LogP contribution >= 0.6 is 0 Å². The largest absolute Gasteiger partial charge is 0.456 e. The van der Waals surface area contributed by atoms with E-state index in [0.29, 0.717) is 45.6 Å². The zero-order valence-corrected chi connectivity index (χ0v) is 26.2. The first-order chi connectivity index (χ1) is 25.1. The van der Waals surface area contributed by atoms with E-state index in [9.17, 15) is 0 Å². The van der Waals surface area contributed by atoms with Crippen molar-refractivity contribution in [2.75, 3.05) is 0 Å². The van der Waals surface area contributed by atoms with Crippen molar-refractivity contribution in [2.45, 2.75) is 0 Å². The predicted molar refractivity (Wildman–Crippen MR) is 201 cm³/mol. The highest BCUT2D eigenvalue weighted by molar-refractivity contribution is 6.14. The van der Waals surface area contributed by atoms with Crippen molar-refractivity contribution >= 4 is 54.3 Å². The molecule has 10 aromatic rings. The number of hydrogen-bond acceptors (Lipinski definition) is 4. The van der Waals surface area contributed by atoms with Crippen molar-refractivity contribution in [3.63, 3.8) is 0 Å². The zero-order valence-electron chi connectivity index (χ0n) is 28.2. The Kier molecular flexibility index (Phi) is 5.69. The molecule has 2 heterocycles. The topological polar surface area (TPSA) is 51.8 Å². The molecule has 0 aliphatic carbocycles. The SMILES string of the molecule is [2H]c1ccc2oc3ccc([2H])c(-c4nc(-c5ccc6cc(-c7ccccc7)ccc6c5)nc(-c5cc6ccccc6c6ccccc56)n4)c3c2c1. The summed E-state index contributed by atoms with van der Waals surface area (Å²) in [4.78, 5) is 15.4. The molecule has 0 atom stereocenters. The summed E-state index contributed by atoms with van der Waals surface area (Å²) in [5, 5.41) is 8.03. The van der Waals surface area contributed by atoms with Crippen molar-refractivity contribution in [1.29, 1.82) is 0 Å². The number of rotatable bonds is 4. The summed E-state index contributed by atoms with van der Waals surface area (Å²) in [6.07, 6.45) is 0. The lowest BCUT2D eigenvalue weighted by Gasteiger charge is -2.13. The quantitative estimate of drug-likeness (QED) is 0.182. The van der Waals surface area contributed by atoms with Gasteiger partial charge in [0.05, 0.1) is 2.74 Å². The molecule has 0 saturated carbocycles. The van der Waals surface area contributed by atoms with Crippen molar-refractivity contribution in [3.8, 4) is 45.3 Å². The highest BCUT2D eigenvalue weighted by atomic mass is 16.3. The molecular formula is C45H27N3O. The van der Waals surface area contributed by atoms with E-state index in [1.54, 1.807) is 30.3 Å². The molecule has 0 aliphatic heterocycles. The Labute approximate surface area is 284 Å². The monoisotopic (exact) mass is 627 g/mol. The standard InChI is InChI=1S/C45H27N3O/c1-2-11-28(12-3-1)29-21-22-31-26-33(24-23-30(31)25-29)43-46-44(38-18-10-20-41-42(38)37-17-8-9-19-40(37)49-41)48-45(47-43)39-27-32-13-4-5-14-34(32)35-15-6-7-16-36(35)39/h1-27H/i8D,18D. The smallest absolute Gasteiger partial charge is 0.164 e. The van der Waals surface area contributed by atoms with Gasteiger partial charge in [0, 0.05) is 27.5 Å². The lowest BCUT2D eigenvalue weighted by atomic mass is 9.96. The van der Waals surface area contributed by atoms with E-state index in [0.717, 1.165) is 54.4 Å². The molecule has 49 heavy (non-hydrogen) atoms. The summed E-state index contributed by atoms with van der Waals surface area (Å²) in [5.74, 6) is 1.40. The number of furan rings is 1. The molecule has 8 aromatic carbocycles. The highest BCUT2D eigenvalue weighted by Gasteiger charge is 2.19. The first-order valence-corrected chi connectivity index (χ1v) is 16.3. The predicted octanol–water partition coefficient (Wildman–Crippen LogP) is 11.9. The number of nitrogens with zero attached hydrogens (tertiary/aromatic N) is 3. The van der Waals surface area contributed by atoms with Crippen LogP contribution in [0.4, 0.5) is 0 Å². The maximum atomic E-state index is 9.16. The molecule has 0 unspecified atom stereocenters. The Hall–Kier alpha value is -6.65. The molecule has 0 saturated heterocycles. The molecule has 0 fully saturated rings. The van der Waals surface area contributed by atoms with E-state index in [2.05, 4.69) is 103 Å². The summed E-state index contributed by atoms with van der Waals surface area (Å²) in [6.45, 7) is 0. The molecule has 0 aliphatic rings. The van der Waals surface area contributed by atoms with Gasteiger partial charge >= 0.3 is 0 Å². The molecule has 228 valence electrons. The van der Waals surface area contributed by atoms with Gasteiger partial charge in [-0.25, -0.2) is 15.0 Å².